The minimum Gasteiger partial charge on any atom is -0.358 e. The Bertz CT molecular complexity index is 552. The van der Waals surface area contributed by atoms with Gasteiger partial charge in [0.2, 0.25) is 0 Å². The number of nitrogens with zero attached hydrogens (tertiary/aromatic N) is 2. The van der Waals surface area contributed by atoms with Gasteiger partial charge in [0.1, 0.15) is 0 Å². The number of benzene rings is 1. The average Bonchev–Trinajstić information content (AvgIpc) is 2.93. The number of nitrogens with one attached hydrogen (secondary N) is 1. The Kier molecular flexibility index (Phi) is 4.34. The molecule has 21 heavy (non-hydrogen) atoms. The van der Waals surface area contributed by atoms with Gasteiger partial charge in [-0.25, -0.2) is 5.01 Å². The van der Waals surface area contributed by atoms with Crippen molar-refractivity contribution in [1.29, 1.82) is 0 Å². The maximum absolute atomic E-state index is 5.54. The average molecular weight is 299 g/mol. The molecule has 0 amide bonds. The van der Waals surface area contributed by atoms with Crippen LogP contribution in [0.2, 0.25) is 0 Å². The standard InChI is InChI=1S/C17H21N3S/c1-2-12-18-17(21)20-16(13-8-4-3-5-9-13)14-10-6-7-11-15(14)19-20/h2-5,8-9,14,16H,1,6-7,10-12H2,(H,18,21)/t14-,16+/m0/s1. The first-order chi connectivity index (χ1) is 10.3. The van der Waals surface area contributed by atoms with Crippen LogP contribution < -0.4 is 5.32 Å². The minimum atomic E-state index is 0.242. The van der Waals surface area contributed by atoms with Crippen molar-refractivity contribution in [1.82, 2.24) is 10.3 Å². The van der Waals surface area contributed by atoms with Gasteiger partial charge < -0.3 is 5.32 Å². The Morgan fingerprint density at radius 3 is 2.95 bits per heavy atom. The SMILES string of the molecule is C=CCNC(=S)N1N=C2CCCC[C@@H]2[C@H]1c1ccccc1. The van der Waals surface area contributed by atoms with Gasteiger partial charge in [-0.3, -0.25) is 0 Å². The molecular weight excluding hydrogens is 278 g/mol. The van der Waals surface area contributed by atoms with Crippen LogP contribution in [0.5, 0.6) is 0 Å². The molecule has 1 saturated carbocycles. The zero-order chi connectivity index (χ0) is 14.7. The van der Waals surface area contributed by atoms with Crippen LogP contribution in [0.1, 0.15) is 37.3 Å². The van der Waals surface area contributed by atoms with Gasteiger partial charge in [0, 0.05) is 18.2 Å². The number of hydrogen-bond acceptors (Lipinski definition) is 2. The Balaban J connectivity index is 1.89. The topological polar surface area (TPSA) is 27.6 Å². The van der Waals surface area contributed by atoms with Crippen molar-refractivity contribution in [3.05, 3.63) is 48.6 Å². The monoisotopic (exact) mass is 299 g/mol. The predicted molar refractivity (Wildman–Crippen MR) is 91.2 cm³/mol. The number of rotatable bonds is 3. The summed E-state index contributed by atoms with van der Waals surface area (Å²) in [4.78, 5) is 0. The quantitative estimate of drug-likeness (QED) is 0.682. The van der Waals surface area contributed by atoms with E-state index in [1.807, 2.05) is 11.1 Å². The van der Waals surface area contributed by atoms with Crippen molar-refractivity contribution in [2.45, 2.75) is 31.7 Å². The van der Waals surface area contributed by atoms with Crippen LogP contribution >= 0.6 is 12.2 Å². The molecule has 0 saturated heterocycles. The van der Waals surface area contributed by atoms with Crippen LogP contribution in [0.25, 0.3) is 0 Å². The fourth-order valence-corrected chi connectivity index (χ4v) is 3.53. The van der Waals surface area contributed by atoms with E-state index in [4.69, 9.17) is 17.3 Å². The molecule has 2 aliphatic rings. The zero-order valence-electron chi connectivity index (χ0n) is 12.2. The lowest BCUT2D eigenvalue weighted by Crippen LogP contribution is -2.38. The maximum Gasteiger partial charge on any atom is 0.190 e. The molecule has 0 bridgehead atoms. The third-order valence-electron chi connectivity index (χ3n) is 4.25. The highest BCUT2D eigenvalue weighted by molar-refractivity contribution is 7.80. The molecule has 1 aliphatic heterocycles. The van der Waals surface area contributed by atoms with E-state index in [1.165, 1.54) is 30.5 Å². The van der Waals surface area contributed by atoms with Crippen molar-refractivity contribution < 1.29 is 0 Å². The highest BCUT2D eigenvalue weighted by Crippen LogP contribution is 2.42. The zero-order valence-corrected chi connectivity index (χ0v) is 13.0. The summed E-state index contributed by atoms with van der Waals surface area (Å²) < 4.78 is 0. The molecule has 3 rings (SSSR count). The summed E-state index contributed by atoms with van der Waals surface area (Å²) in [5.74, 6) is 0.504. The largest absolute Gasteiger partial charge is 0.358 e. The van der Waals surface area contributed by atoms with E-state index in [1.54, 1.807) is 0 Å². The van der Waals surface area contributed by atoms with Gasteiger partial charge in [-0.2, -0.15) is 5.10 Å². The first-order valence-corrected chi connectivity index (χ1v) is 8.02. The van der Waals surface area contributed by atoms with Gasteiger partial charge in [-0.05, 0) is 37.0 Å². The predicted octanol–water partition coefficient (Wildman–Crippen LogP) is 3.65. The van der Waals surface area contributed by atoms with Crippen molar-refractivity contribution in [3.8, 4) is 0 Å². The Labute approximate surface area is 131 Å². The molecule has 1 aliphatic carbocycles. The lowest BCUT2D eigenvalue weighted by molar-refractivity contribution is 0.298. The van der Waals surface area contributed by atoms with Crippen molar-refractivity contribution >= 4 is 23.0 Å². The highest BCUT2D eigenvalue weighted by atomic mass is 32.1. The van der Waals surface area contributed by atoms with E-state index in [0.717, 1.165) is 6.42 Å². The number of thiocarbonyl (C=S) groups is 1. The van der Waals surface area contributed by atoms with Gasteiger partial charge in [0.05, 0.1) is 6.04 Å². The van der Waals surface area contributed by atoms with E-state index in [-0.39, 0.29) is 6.04 Å². The summed E-state index contributed by atoms with van der Waals surface area (Å²) in [5.41, 5.74) is 2.61. The van der Waals surface area contributed by atoms with Crippen LogP contribution in [0, 0.1) is 5.92 Å². The van der Waals surface area contributed by atoms with Crippen molar-refractivity contribution in [2.24, 2.45) is 11.0 Å². The molecule has 0 aromatic heterocycles. The Hall–Kier alpha value is -1.68. The van der Waals surface area contributed by atoms with E-state index >= 15 is 0 Å². The molecule has 3 nitrogen and oxygen atoms in total. The molecule has 1 aromatic rings. The highest BCUT2D eigenvalue weighted by Gasteiger charge is 2.40. The normalized spacial score (nSPS) is 24.2. The Morgan fingerprint density at radius 2 is 2.19 bits per heavy atom. The fraction of sp³-hybridized carbons (Fsp3) is 0.412. The number of hydrazone groups is 1. The van der Waals surface area contributed by atoms with Gasteiger partial charge in [-0.15, -0.1) is 6.58 Å². The lowest BCUT2D eigenvalue weighted by Gasteiger charge is -2.30. The summed E-state index contributed by atoms with van der Waals surface area (Å²) in [6.07, 6.45) is 6.67. The summed E-state index contributed by atoms with van der Waals surface area (Å²) in [6, 6.07) is 10.8. The third-order valence-corrected chi connectivity index (χ3v) is 4.59. The molecule has 110 valence electrons. The summed E-state index contributed by atoms with van der Waals surface area (Å²) in [6.45, 7) is 4.41. The van der Waals surface area contributed by atoms with E-state index in [9.17, 15) is 0 Å². The molecule has 2 atom stereocenters. The van der Waals surface area contributed by atoms with Gasteiger partial charge >= 0.3 is 0 Å². The van der Waals surface area contributed by atoms with Crippen LogP contribution in [0.15, 0.2) is 48.1 Å². The maximum atomic E-state index is 5.54. The second kappa shape index (κ2) is 6.39. The Morgan fingerprint density at radius 1 is 1.38 bits per heavy atom. The first-order valence-electron chi connectivity index (χ1n) is 7.61. The van der Waals surface area contributed by atoms with Crippen LogP contribution in [0.3, 0.4) is 0 Å². The second-order valence-corrected chi connectivity index (χ2v) is 6.01. The molecular formula is C17H21N3S. The molecule has 1 aromatic carbocycles. The molecule has 4 heteroatoms. The lowest BCUT2D eigenvalue weighted by atomic mass is 9.80. The van der Waals surface area contributed by atoms with Gasteiger partial charge in [0.15, 0.2) is 5.11 Å². The number of fused-ring (bicyclic) bond motifs is 1. The smallest absolute Gasteiger partial charge is 0.190 e. The molecule has 0 unspecified atom stereocenters. The van der Waals surface area contributed by atoms with Crippen LogP contribution in [0.4, 0.5) is 0 Å². The third kappa shape index (κ3) is 2.86. The number of hydrogen-bond donors (Lipinski definition) is 1. The first kappa shape index (κ1) is 14.3. The van der Waals surface area contributed by atoms with Crippen LogP contribution in [-0.4, -0.2) is 22.4 Å². The van der Waals surface area contributed by atoms with E-state index in [2.05, 4.69) is 42.2 Å². The van der Waals surface area contributed by atoms with E-state index in [0.29, 0.717) is 17.6 Å². The van der Waals surface area contributed by atoms with Gasteiger partial charge in [0.25, 0.3) is 0 Å². The van der Waals surface area contributed by atoms with Crippen molar-refractivity contribution in [3.63, 3.8) is 0 Å². The second-order valence-electron chi connectivity index (χ2n) is 5.62. The van der Waals surface area contributed by atoms with Crippen molar-refractivity contribution in [2.75, 3.05) is 6.54 Å². The molecule has 1 heterocycles. The van der Waals surface area contributed by atoms with Gasteiger partial charge in [-0.1, -0.05) is 42.8 Å². The molecule has 0 spiro atoms. The summed E-state index contributed by atoms with van der Waals surface area (Å²) in [5, 5.41) is 10.8. The summed E-state index contributed by atoms with van der Waals surface area (Å²) >= 11 is 5.54. The molecule has 0 radical (unpaired) electrons. The summed E-state index contributed by atoms with van der Waals surface area (Å²) in [7, 11) is 0. The molecule has 1 fully saturated rings. The van der Waals surface area contributed by atoms with Crippen LogP contribution in [-0.2, 0) is 0 Å². The molecule has 1 N–H and O–H groups in total. The van der Waals surface area contributed by atoms with E-state index < -0.39 is 0 Å². The fourth-order valence-electron chi connectivity index (χ4n) is 3.29. The minimum absolute atomic E-state index is 0.242.